The third-order valence-corrected chi connectivity index (χ3v) is 3.78. The van der Waals surface area contributed by atoms with Crippen LogP contribution in [0.5, 0.6) is 0 Å². The van der Waals surface area contributed by atoms with Crippen LogP contribution in [0.4, 0.5) is 0 Å². The molecule has 0 aliphatic heterocycles. The highest BCUT2D eigenvalue weighted by Crippen LogP contribution is 2.41. The Labute approximate surface area is 91.1 Å². The summed E-state index contributed by atoms with van der Waals surface area (Å²) in [5.74, 6) is 1.30. The molecule has 1 fully saturated rings. The zero-order valence-electron chi connectivity index (χ0n) is 9.48. The summed E-state index contributed by atoms with van der Waals surface area (Å²) in [6.07, 6.45) is 8.73. The van der Waals surface area contributed by atoms with Gasteiger partial charge >= 0.3 is 0 Å². The number of aromatic nitrogens is 2. The van der Waals surface area contributed by atoms with E-state index in [1.54, 1.807) is 6.33 Å². The lowest BCUT2D eigenvalue weighted by atomic mass is 9.68. The Kier molecular flexibility index (Phi) is 2.74. The quantitative estimate of drug-likeness (QED) is 0.763. The van der Waals surface area contributed by atoms with Crippen LogP contribution in [0.15, 0.2) is 18.7 Å². The Balaban J connectivity index is 2.27. The number of hydrogen-bond acceptors (Lipinski definition) is 3. The van der Waals surface area contributed by atoms with Gasteiger partial charge in [-0.25, -0.2) is 9.97 Å². The first kappa shape index (κ1) is 10.6. The van der Waals surface area contributed by atoms with Gasteiger partial charge in [-0.05, 0) is 31.1 Å². The second kappa shape index (κ2) is 3.89. The summed E-state index contributed by atoms with van der Waals surface area (Å²) >= 11 is 0. The molecule has 0 spiro atoms. The van der Waals surface area contributed by atoms with Gasteiger partial charge in [-0.15, -0.1) is 0 Å². The number of nitrogens with two attached hydrogens (primary N) is 1. The summed E-state index contributed by atoms with van der Waals surface area (Å²) in [5.41, 5.74) is 7.38. The summed E-state index contributed by atoms with van der Waals surface area (Å²) in [6.45, 7) is 4.54. The van der Waals surface area contributed by atoms with Gasteiger partial charge in [0.1, 0.15) is 6.33 Å². The van der Waals surface area contributed by atoms with E-state index < -0.39 is 0 Å². The van der Waals surface area contributed by atoms with Crippen molar-refractivity contribution >= 4 is 0 Å². The standard InChI is InChI=1S/C12H19N3/c1-9-3-4-12(13,10(2)5-9)11-6-14-8-15-7-11/h6-10H,3-5,13H2,1-2H3. The van der Waals surface area contributed by atoms with Crippen LogP contribution in [0, 0.1) is 11.8 Å². The fraction of sp³-hybridized carbons (Fsp3) is 0.667. The topological polar surface area (TPSA) is 51.8 Å². The SMILES string of the molecule is CC1CCC(N)(c2cncnc2)C(C)C1. The molecule has 3 atom stereocenters. The van der Waals surface area contributed by atoms with Crippen LogP contribution in [0.1, 0.15) is 38.7 Å². The minimum absolute atomic E-state index is 0.215. The van der Waals surface area contributed by atoms with Gasteiger partial charge in [0.05, 0.1) is 0 Å². The summed E-state index contributed by atoms with van der Waals surface area (Å²) < 4.78 is 0. The predicted octanol–water partition coefficient (Wildman–Crippen LogP) is 2.09. The molecule has 3 heteroatoms. The Hall–Kier alpha value is -0.960. The van der Waals surface area contributed by atoms with Crippen molar-refractivity contribution in [1.29, 1.82) is 0 Å². The van der Waals surface area contributed by atoms with Gasteiger partial charge in [0.25, 0.3) is 0 Å². The van der Waals surface area contributed by atoms with Gasteiger partial charge in [0, 0.05) is 23.5 Å². The second-order valence-corrected chi connectivity index (χ2v) is 4.95. The lowest BCUT2D eigenvalue weighted by molar-refractivity contribution is 0.164. The van der Waals surface area contributed by atoms with Gasteiger partial charge in [-0.3, -0.25) is 0 Å². The molecule has 1 heterocycles. The maximum absolute atomic E-state index is 6.51. The summed E-state index contributed by atoms with van der Waals surface area (Å²) in [4.78, 5) is 8.13. The van der Waals surface area contributed by atoms with Crippen LogP contribution < -0.4 is 5.73 Å². The van der Waals surface area contributed by atoms with Gasteiger partial charge in [-0.1, -0.05) is 13.8 Å². The van der Waals surface area contributed by atoms with E-state index in [9.17, 15) is 0 Å². The minimum Gasteiger partial charge on any atom is -0.321 e. The Bertz CT molecular complexity index is 325. The monoisotopic (exact) mass is 205 g/mol. The first-order valence-corrected chi connectivity index (χ1v) is 5.67. The summed E-state index contributed by atoms with van der Waals surface area (Å²) in [7, 11) is 0. The first-order valence-electron chi connectivity index (χ1n) is 5.67. The zero-order chi connectivity index (χ0) is 10.9. The Morgan fingerprint density at radius 1 is 1.33 bits per heavy atom. The van der Waals surface area contributed by atoms with Crippen molar-refractivity contribution < 1.29 is 0 Å². The van der Waals surface area contributed by atoms with E-state index in [1.807, 2.05) is 12.4 Å². The van der Waals surface area contributed by atoms with Crippen molar-refractivity contribution in [2.45, 2.75) is 38.6 Å². The minimum atomic E-state index is -0.215. The smallest absolute Gasteiger partial charge is 0.115 e. The maximum atomic E-state index is 6.51. The van der Waals surface area contributed by atoms with Crippen LogP contribution in [0.25, 0.3) is 0 Å². The molecule has 2 rings (SSSR count). The fourth-order valence-electron chi connectivity index (χ4n) is 2.63. The summed E-state index contributed by atoms with van der Waals surface area (Å²) in [5, 5.41) is 0. The predicted molar refractivity (Wildman–Crippen MR) is 60.1 cm³/mol. The van der Waals surface area contributed by atoms with Crippen LogP contribution in [0.2, 0.25) is 0 Å². The third kappa shape index (κ3) is 1.88. The molecule has 0 saturated heterocycles. The maximum Gasteiger partial charge on any atom is 0.115 e. The molecule has 1 aromatic rings. The molecule has 0 amide bonds. The normalized spacial score (nSPS) is 36.5. The largest absolute Gasteiger partial charge is 0.321 e. The molecule has 3 nitrogen and oxygen atoms in total. The molecular formula is C12H19N3. The molecule has 1 saturated carbocycles. The molecule has 0 radical (unpaired) electrons. The third-order valence-electron chi connectivity index (χ3n) is 3.78. The average Bonchev–Trinajstić information content (AvgIpc) is 2.25. The lowest BCUT2D eigenvalue weighted by Crippen LogP contribution is -2.46. The van der Waals surface area contributed by atoms with E-state index >= 15 is 0 Å². The van der Waals surface area contributed by atoms with E-state index in [0.717, 1.165) is 17.9 Å². The molecular weight excluding hydrogens is 186 g/mol. The van der Waals surface area contributed by atoms with Gasteiger partial charge in [-0.2, -0.15) is 0 Å². The highest BCUT2D eigenvalue weighted by Gasteiger charge is 2.38. The number of hydrogen-bond donors (Lipinski definition) is 1. The van der Waals surface area contributed by atoms with E-state index in [4.69, 9.17) is 5.73 Å². The van der Waals surface area contributed by atoms with Gasteiger partial charge < -0.3 is 5.73 Å². The molecule has 1 aliphatic rings. The van der Waals surface area contributed by atoms with E-state index in [-0.39, 0.29) is 5.54 Å². The molecule has 1 aliphatic carbocycles. The molecule has 15 heavy (non-hydrogen) atoms. The molecule has 0 aromatic carbocycles. The van der Waals surface area contributed by atoms with Crippen molar-refractivity contribution in [2.24, 2.45) is 17.6 Å². The first-order chi connectivity index (χ1) is 7.13. The van der Waals surface area contributed by atoms with Crippen LogP contribution in [-0.4, -0.2) is 9.97 Å². The van der Waals surface area contributed by atoms with Crippen molar-refractivity contribution in [2.75, 3.05) is 0 Å². The van der Waals surface area contributed by atoms with Crippen molar-refractivity contribution in [3.63, 3.8) is 0 Å². The van der Waals surface area contributed by atoms with Gasteiger partial charge in [0.2, 0.25) is 0 Å². The molecule has 3 unspecified atom stereocenters. The lowest BCUT2D eigenvalue weighted by Gasteiger charge is -2.41. The highest BCUT2D eigenvalue weighted by molar-refractivity contribution is 5.19. The Morgan fingerprint density at radius 3 is 2.60 bits per heavy atom. The van der Waals surface area contributed by atoms with E-state index in [0.29, 0.717) is 5.92 Å². The second-order valence-electron chi connectivity index (χ2n) is 4.95. The molecule has 1 aromatic heterocycles. The zero-order valence-corrected chi connectivity index (χ0v) is 9.48. The van der Waals surface area contributed by atoms with Crippen molar-refractivity contribution in [3.8, 4) is 0 Å². The van der Waals surface area contributed by atoms with Crippen LogP contribution >= 0.6 is 0 Å². The van der Waals surface area contributed by atoms with Gasteiger partial charge in [0.15, 0.2) is 0 Å². The fourth-order valence-corrected chi connectivity index (χ4v) is 2.63. The van der Waals surface area contributed by atoms with Crippen molar-refractivity contribution in [1.82, 2.24) is 9.97 Å². The number of rotatable bonds is 1. The molecule has 0 bridgehead atoms. The summed E-state index contributed by atoms with van der Waals surface area (Å²) in [6, 6.07) is 0. The van der Waals surface area contributed by atoms with E-state index in [2.05, 4.69) is 23.8 Å². The Morgan fingerprint density at radius 2 is 2.00 bits per heavy atom. The average molecular weight is 205 g/mol. The number of nitrogens with zero attached hydrogens (tertiary/aromatic N) is 2. The van der Waals surface area contributed by atoms with E-state index in [1.165, 1.54) is 12.8 Å². The van der Waals surface area contributed by atoms with Crippen molar-refractivity contribution in [3.05, 3.63) is 24.3 Å². The van der Waals surface area contributed by atoms with Crippen LogP contribution in [0.3, 0.4) is 0 Å². The molecule has 82 valence electrons. The van der Waals surface area contributed by atoms with Crippen LogP contribution in [-0.2, 0) is 5.54 Å². The highest BCUT2D eigenvalue weighted by atomic mass is 14.8. The molecule has 2 N–H and O–H groups in total.